The third-order valence-corrected chi connectivity index (χ3v) is 2.51. The predicted molar refractivity (Wildman–Crippen MR) is 61.1 cm³/mol. The van der Waals surface area contributed by atoms with Crippen LogP contribution in [0.3, 0.4) is 0 Å². The van der Waals surface area contributed by atoms with Gasteiger partial charge >= 0.3 is 5.97 Å². The third kappa shape index (κ3) is 4.98. The zero-order chi connectivity index (χ0) is 14.0. The molecule has 0 spiro atoms. The summed E-state index contributed by atoms with van der Waals surface area (Å²) in [4.78, 5) is 22.7. The predicted octanol–water partition coefficient (Wildman–Crippen LogP) is 1.88. The lowest BCUT2D eigenvalue weighted by molar-refractivity contribution is -0.155. The van der Waals surface area contributed by atoms with E-state index in [0.29, 0.717) is 0 Å². The first-order valence-corrected chi connectivity index (χ1v) is 5.96. The van der Waals surface area contributed by atoms with Gasteiger partial charge in [0.15, 0.2) is 0 Å². The molecule has 1 rings (SSSR count). The highest BCUT2D eigenvalue weighted by Gasteiger charge is 2.48. The van der Waals surface area contributed by atoms with E-state index in [9.17, 15) is 18.4 Å². The summed E-state index contributed by atoms with van der Waals surface area (Å²) in [6.45, 7) is 5.37. The van der Waals surface area contributed by atoms with Crippen molar-refractivity contribution in [2.45, 2.75) is 51.6 Å². The Morgan fingerprint density at radius 2 is 1.89 bits per heavy atom. The standard InChI is InChI=1S/C12H19F2NO3/c1-11(2,3)18-9(16)4-5-15-10(17)8-6-12(13,14)7-8/h8H,4-7H2,1-3H3,(H,15,17). The SMILES string of the molecule is CC(C)(C)OC(=O)CCNC(=O)C1CC(F)(F)C1. The molecule has 1 N–H and O–H groups in total. The molecule has 0 aromatic heterocycles. The van der Waals surface area contributed by atoms with E-state index in [2.05, 4.69) is 5.32 Å². The molecule has 1 aliphatic carbocycles. The second kappa shape index (κ2) is 5.20. The number of ether oxygens (including phenoxy) is 1. The average Bonchev–Trinajstić information content (AvgIpc) is 2.10. The molecule has 0 aliphatic heterocycles. The zero-order valence-electron chi connectivity index (χ0n) is 10.9. The molecule has 0 heterocycles. The van der Waals surface area contributed by atoms with Gasteiger partial charge in [-0.1, -0.05) is 0 Å². The lowest BCUT2D eigenvalue weighted by Gasteiger charge is -2.33. The van der Waals surface area contributed by atoms with Crippen LogP contribution in [0.15, 0.2) is 0 Å². The number of esters is 1. The maximum atomic E-state index is 12.5. The van der Waals surface area contributed by atoms with Crippen molar-refractivity contribution < 1.29 is 23.1 Å². The smallest absolute Gasteiger partial charge is 0.308 e. The number of alkyl halides is 2. The molecule has 1 saturated carbocycles. The molecule has 6 heteroatoms. The highest BCUT2D eigenvalue weighted by molar-refractivity contribution is 5.80. The van der Waals surface area contributed by atoms with Gasteiger partial charge in [-0.3, -0.25) is 9.59 Å². The molecule has 0 unspecified atom stereocenters. The molecule has 0 bridgehead atoms. The van der Waals surface area contributed by atoms with Gasteiger partial charge in [0.1, 0.15) is 5.60 Å². The first kappa shape index (κ1) is 14.9. The van der Waals surface area contributed by atoms with Gasteiger partial charge in [-0.2, -0.15) is 0 Å². The number of hydrogen-bond donors (Lipinski definition) is 1. The first-order valence-electron chi connectivity index (χ1n) is 5.96. The Bertz CT molecular complexity index is 329. The zero-order valence-corrected chi connectivity index (χ0v) is 10.9. The highest BCUT2D eigenvalue weighted by atomic mass is 19.3. The summed E-state index contributed by atoms with van der Waals surface area (Å²) in [5.74, 6) is -4.16. The van der Waals surface area contributed by atoms with E-state index >= 15 is 0 Å². The Morgan fingerprint density at radius 1 is 1.33 bits per heavy atom. The first-order chi connectivity index (χ1) is 8.09. The fraction of sp³-hybridized carbons (Fsp3) is 0.833. The van der Waals surface area contributed by atoms with Gasteiger partial charge in [0, 0.05) is 25.3 Å². The van der Waals surface area contributed by atoms with Crippen LogP contribution < -0.4 is 5.32 Å². The average molecular weight is 263 g/mol. The minimum Gasteiger partial charge on any atom is -0.460 e. The monoisotopic (exact) mass is 263 g/mol. The molecular weight excluding hydrogens is 244 g/mol. The number of halogens is 2. The number of amides is 1. The van der Waals surface area contributed by atoms with Crippen molar-refractivity contribution in [3.63, 3.8) is 0 Å². The second-order valence-electron chi connectivity index (χ2n) is 5.59. The van der Waals surface area contributed by atoms with Crippen LogP contribution in [0.4, 0.5) is 8.78 Å². The fourth-order valence-electron chi connectivity index (χ4n) is 1.67. The Balaban J connectivity index is 2.15. The fourth-order valence-corrected chi connectivity index (χ4v) is 1.67. The lowest BCUT2D eigenvalue weighted by atomic mass is 9.81. The number of carbonyl (C=O) groups is 2. The van der Waals surface area contributed by atoms with E-state index in [0.717, 1.165) is 0 Å². The molecule has 1 aliphatic rings. The van der Waals surface area contributed by atoms with E-state index in [4.69, 9.17) is 4.74 Å². The minimum absolute atomic E-state index is 0.0477. The van der Waals surface area contributed by atoms with Gasteiger partial charge in [0.2, 0.25) is 11.8 Å². The van der Waals surface area contributed by atoms with Crippen molar-refractivity contribution in [1.29, 1.82) is 0 Å². The van der Waals surface area contributed by atoms with Crippen LogP contribution in [0.5, 0.6) is 0 Å². The number of rotatable bonds is 4. The van der Waals surface area contributed by atoms with Crippen LogP contribution in [0, 0.1) is 5.92 Å². The Morgan fingerprint density at radius 3 is 2.33 bits per heavy atom. The van der Waals surface area contributed by atoms with Gasteiger partial charge in [-0.15, -0.1) is 0 Å². The van der Waals surface area contributed by atoms with Crippen LogP contribution in [0.1, 0.15) is 40.0 Å². The van der Waals surface area contributed by atoms with Crippen LogP contribution >= 0.6 is 0 Å². The van der Waals surface area contributed by atoms with Crippen molar-refractivity contribution in [1.82, 2.24) is 5.32 Å². The maximum Gasteiger partial charge on any atom is 0.308 e. The van der Waals surface area contributed by atoms with E-state index in [-0.39, 0.29) is 13.0 Å². The minimum atomic E-state index is -2.70. The summed E-state index contributed by atoms with van der Waals surface area (Å²) in [6.07, 6.45) is -0.747. The van der Waals surface area contributed by atoms with E-state index in [1.807, 2.05) is 0 Å². The summed E-state index contributed by atoms with van der Waals surface area (Å²) in [6, 6.07) is 0. The molecule has 0 saturated heterocycles. The molecule has 4 nitrogen and oxygen atoms in total. The molecule has 1 amide bonds. The Labute approximate surface area is 105 Å². The largest absolute Gasteiger partial charge is 0.460 e. The van der Waals surface area contributed by atoms with Crippen LogP contribution in [0.2, 0.25) is 0 Å². The quantitative estimate of drug-likeness (QED) is 0.788. The number of carbonyl (C=O) groups excluding carboxylic acids is 2. The van der Waals surface area contributed by atoms with E-state index in [1.54, 1.807) is 20.8 Å². The summed E-state index contributed by atoms with van der Waals surface area (Å²) in [7, 11) is 0. The molecule has 18 heavy (non-hydrogen) atoms. The van der Waals surface area contributed by atoms with E-state index in [1.165, 1.54) is 0 Å². The Hall–Kier alpha value is -1.20. The van der Waals surface area contributed by atoms with Gasteiger partial charge in [0.25, 0.3) is 0 Å². The topological polar surface area (TPSA) is 55.4 Å². The van der Waals surface area contributed by atoms with E-state index < -0.39 is 42.2 Å². The van der Waals surface area contributed by atoms with Crippen molar-refractivity contribution in [3.05, 3.63) is 0 Å². The third-order valence-electron chi connectivity index (χ3n) is 2.51. The normalized spacial score (nSPS) is 18.9. The highest BCUT2D eigenvalue weighted by Crippen LogP contribution is 2.42. The molecule has 1 fully saturated rings. The molecular formula is C12H19F2NO3. The van der Waals surface area contributed by atoms with Crippen molar-refractivity contribution >= 4 is 11.9 Å². The van der Waals surface area contributed by atoms with Crippen LogP contribution in [0.25, 0.3) is 0 Å². The Kier molecular flexibility index (Phi) is 4.29. The van der Waals surface area contributed by atoms with Crippen LogP contribution in [-0.4, -0.2) is 29.9 Å². The summed E-state index contributed by atoms with van der Waals surface area (Å²) in [5, 5.41) is 2.47. The van der Waals surface area contributed by atoms with Crippen molar-refractivity contribution in [3.8, 4) is 0 Å². The summed E-state index contributed by atoms with van der Waals surface area (Å²) in [5.41, 5.74) is -0.558. The van der Waals surface area contributed by atoms with Crippen LogP contribution in [-0.2, 0) is 14.3 Å². The van der Waals surface area contributed by atoms with Gasteiger partial charge in [0.05, 0.1) is 6.42 Å². The molecule has 0 atom stereocenters. The summed E-state index contributed by atoms with van der Waals surface area (Å²) >= 11 is 0. The van der Waals surface area contributed by atoms with Gasteiger partial charge in [-0.05, 0) is 20.8 Å². The maximum absolute atomic E-state index is 12.5. The van der Waals surface area contributed by atoms with Gasteiger partial charge < -0.3 is 10.1 Å². The van der Waals surface area contributed by atoms with Crippen molar-refractivity contribution in [2.75, 3.05) is 6.54 Å². The molecule has 0 aromatic carbocycles. The molecule has 104 valence electrons. The number of nitrogens with one attached hydrogen (secondary N) is 1. The van der Waals surface area contributed by atoms with Gasteiger partial charge in [-0.25, -0.2) is 8.78 Å². The van der Waals surface area contributed by atoms with Crippen molar-refractivity contribution in [2.24, 2.45) is 5.92 Å². The lowest BCUT2D eigenvalue weighted by Crippen LogP contribution is -2.45. The summed E-state index contributed by atoms with van der Waals surface area (Å²) < 4.78 is 30.1. The molecule has 0 radical (unpaired) electrons. The number of hydrogen-bond acceptors (Lipinski definition) is 3. The molecule has 0 aromatic rings. The second-order valence-corrected chi connectivity index (χ2v) is 5.59.